The molecule has 2 aliphatic rings. The largest absolute Gasteiger partial charge is 0.378 e. The van der Waals surface area contributed by atoms with Gasteiger partial charge in [-0.25, -0.2) is 18.4 Å². The number of ether oxygens (including phenoxy) is 1. The molecule has 0 aromatic carbocycles. The third-order valence-corrected chi connectivity index (χ3v) is 8.36. The number of aryl methyl sites for hydroxylation is 1. The van der Waals surface area contributed by atoms with Gasteiger partial charge >= 0.3 is 0 Å². The van der Waals surface area contributed by atoms with E-state index < -0.39 is 10.0 Å². The molecule has 33 heavy (non-hydrogen) atoms. The third kappa shape index (κ3) is 5.02. The molecule has 3 aromatic heterocycles. The summed E-state index contributed by atoms with van der Waals surface area (Å²) >= 11 is 1.69. The highest BCUT2D eigenvalue weighted by atomic mass is 32.2. The summed E-state index contributed by atoms with van der Waals surface area (Å²) in [6.45, 7) is 8.30. The standard InChI is InChI=1S/C22H28N6O3S2/c1-16-11-17(14-23-13-16)20-24-21(27-7-9-31-10-8-27)19-12-18(32-22(19)25-20)15-26-3-5-28(6-4-26)33(2,29)30/h11-14H,3-10,15H2,1-2H3. The fourth-order valence-corrected chi connectivity index (χ4v) is 6.19. The van der Waals surface area contributed by atoms with Crippen molar-refractivity contribution >= 4 is 37.4 Å². The Labute approximate surface area is 198 Å². The lowest BCUT2D eigenvalue weighted by Gasteiger charge is -2.32. The molecule has 0 radical (unpaired) electrons. The summed E-state index contributed by atoms with van der Waals surface area (Å²) in [6.07, 6.45) is 4.92. The number of nitrogens with zero attached hydrogens (tertiary/aromatic N) is 6. The van der Waals surface area contributed by atoms with E-state index in [1.807, 2.05) is 19.3 Å². The van der Waals surface area contributed by atoms with Gasteiger partial charge in [-0.1, -0.05) is 0 Å². The van der Waals surface area contributed by atoms with E-state index in [-0.39, 0.29) is 0 Å². The minimum absolute atomic E-state index is 0.535. The highest BCUT2D eigenvalue weighted by Crippen LogP contribution is 2.34. The molecule has 0 aliphatic carbocycles. The molecule has 0 amide bonds. The van der Waals surface area contributed by atoms with E-state index >= 15 is 0 Å². The maximum absolute atomic E-state index is 11.8. The van der Waals surface area contributed by atoms with Crippen molar-refractivity contribution in [2.45, 2.75) is 13.5 Å². The van der Waals surface area contributed by atoms with Crippen LogP contribution in [0.5, 0.6) is 0 Å². The second kappa shape index (κ2) is 9.22. The first-order valence-corrected chi connectivity index (χ1v) is 13.8. The Morgan fingerprint density at radius 1 is 1.03 bits per heavy atom. The van der Waals surface area contributed by atoms with E-state index in [0.717, 1.165) is 59.9 Å². The maximum Gasteiger partial charge on any atom is 0.211 e. The van der Waals surface area contributed by atoms with E-state index in [2.05, 4.69) is 26.9 Å². The second-order valence-electron chi connectivity index (χ2n) is 8.59. The predicted molar refractivity (Wildman–Crippen MR) is 130 cm³/mol. The molecule has 0 bridgehead atoms. The van der Waals surface area contributed by atoms with Crippen molar-refractivity contribution in [3.05, 3.63) is 35.0 Å². The van der Waals surface area contributed by atoms with Gasteiger partial charge in [0, 0.05) is 68.6 Å². The Balaban J connectivity index is 1.45. The van der Waals surface area contributed by atoms with E-state index in [1.165, 1.54) is 11.1 Å². The Bertz CT molecular complexity index is 1250. The zero-order valence-electron chi connectivity index (χ0n) is 18.9. The number of hydrogen-bond donors (Lipinski definition) is 0. The van der Waals surface area contributed by atoms with Crippen LogP contribution in [0.3, 0.4) is 0 Å². The smallest absolute Gasteiger partial charge is 0.211 e. The van der Waals surface area contributed by atoms with Crippen molar-refractivity contribution in [2.24, 2.45) is 0 Å². The highest BCUT2D eigenvalue weighted by Gasteiger charge is 2.25. The lowest BCUT2D eigenvalue weighted by molar-refractivity contribution is 0.122. The summed E-state index contributed by atoms with van der Waals surface area (Å²) in [5.74, 6) is 1.64. The van der Waals surface area contributed by atoms with Gasteiger partial charge in [-0.05, 0) is 24.6 Å². The summed E-state index contributed by atoms with van der Waals surface area (Å²) in [4.78, 5) is 21.0. The summed E-state index contributed by atoms with van der Waals surface area (Å²) in [7, 11) is -3.12. The van der Waals surface area contributed by atoms with Crippen molar-refractivity contribution in [1.29, 1.82) is 0 Å². The molecule has 0 spiro atoms. The zero-order valence-corrected chi connectivity index (χ0v) is 20.5. The van der Waals surface area contributed by atoms with Crippen LogP contribution < -0.4 is 4.90 Å². The Morgan fingerprint density at radius 2 is 1.79 bits per heavy atom. The topological polar surface area (TPSA) is 91.8 Å². The van der Waals surface area contributed by atoms with Crippen molar-refractivity contribution < 1.29 is 13.2 Å². The third-order valence-electron chi connectivity index (χ3n) is 6.05. The van der Waals surface area contributed by atoms with Gasteiger partial charge in [-0.2, -0.15) is 4.31 Å². The van der Waals surface area contributed by atoms with Gasteiger partial charge in [0.15, 0.2) is 5.82 Å². The van der Waals surface area contributed by atoms with E-state index in [4.69, 9.17) is 14.7 Å². The van der Waals surface area contributed by atoms with Gasteiger partial charge in [0.25, 0.3) is 0 Å². The summed E-state index contributed by atoms with van der Waals surface area (Å²) < 4.78 is 30.7. The fraction of sp³-hybridized carbons (Fsp3) is 0.500. The molecule has 0 unspecified atom stereocenters. The first-order chi connectivity index (χ1) is 15.9. The highest BCUT2D eigenvalue weighted by molar-refractivity contribution is 7.88. The lowest BCUT2D eigenvalue weighted by Crippen LogP contribution is -2.47. The molecule has 0 N–H and O–H groups in total. The molecule has 2 aliphatic heterocycles. The van der Waals surface area contributed by atoms with Crippen molar-refractivity contribution in [3.63, 3.8) is 0 Å². The average Bonchev–Trinajstić information content (AvgIpc) is 3.21. The number of anilines is 1. The summed E-state index contributed by atoms with van der Waals surface area (Å²) in [5, 5.41) is 1.07. The van der Waals surface area contributed by atoms with Crippen molar-refractivity contribution in [3.8, 4) is 11.4 Å². The molecular formula is C22H28N6O3S2. The Morgan fingerprint density at radius 3 is 2.48 bits per heavy atom. The first-order valence-electron chi connectivity index (χ1n) is 11.1. The molecular weight excluding hydrogens is 460 g/mol. The number of sulfonamides is 1. The lowest BCUT2D eigenvalue weighted by atomic mass is 10.2. The quantitative estimate of drug-likeness (QED) is 0.538. The number of morpholine rings is 1. The number of rotatable bonds is 5. The Kier molecular flexibility index (Phi) is 6.32. The monoisotopic (exact) mass is 488 g/mol. The molecule has 176 valence electrons. The molecule has 0 saturated carbocycles. The summed E-state index contributed by atoms with van der Waals surface area (Å²) in [6, 6.07) is 4.26. The number of piperazine rings is 1. The zero-order chi connectivity index (χ0) is 23.0. The SMILES string of the molecule is Cc1cncc(-c2nc(N3CCOCC3)c3cc(CN4CCN(S(C)(=O)=O)CC4)sc3n2)c1. The summed E-state index contributed by atoms with van der Waals surface area (Å²) in [5.41, 5.74) is 1.99. The second-order valence-corrected chi connectivity index (χ2v) is 11.7. The number of pyridine rings is 1. The van der Waals surface area contributed by atoms with Crippen LogP contribution in [0.4, 0.5) is 5.82 Å². The minimum atomic E-state index is -3.12. The van der Waals surface area contributed by atoms with Crippen molar-refractivity contribution in [1.82, 2.24) is 24.2 Å². The van der Waals surface area contributed by atoms with Crippen LogP contribution >= 0.6 is 11.3 Å². The van der Waals surface area contributed by atoms with E-state index in [9.17, 15) is 8.42 Å². The van der Waals surface area contributed by atoms with Gasteiger partial charge in [-0.15, -0.1) is 11.3 Å². The fourth-order valence-electron chi connectivity index (χ4n) is 4.30. The van der Waals surface area contributed by atoms with Crippen molar-refractivity contribution in [2.75, 3.05) is 63.6 Å². The van der Waals surface area contributed by atoms with Gasteiger partial charge in [0.05, 0.1) is 24.9 Å². The molecule has 9 nitrogen and oxygen atoms in total. The van der Waals surface area contributed by atoms with Gasteiger partial charge in [-0.3, -0.25) is 9.88 Å². The van der Waals surface area contributed by atoms with Crippen LogP contribution in [0.15, 0.2) is 24.5 Å². The van der Waals surface area contributed by atoms with E-state index in [0.29, 0.717) is 32.1 Å². The molecule has 2 saturated heterocycles. The molecule has 0 atom stereocenters. The number of thiophene rings is 1. The molecule has 11 heteroatoms. The molecule has 5 rings (SSSR count). The van der Waals surface area contributed by atoms with Crippen LogP contribution in [-0.4, -0.2) is 91.3 Å². The van der Waals surface area contributed by atoms with Gasteiger partial charge in [0.2, 0.25) is 10.0 Å². The average molecular weight is 489 g/mol. The Hall–Kier alpha value is -2.18. The van der Waals surface area contributed by atoms with Gasteiger partial charge in [0.1, 0.15) is 10.6 Å². The van der Waals surface area contributed by atoms with E-state index in [1.54, 1.807) is 15.6 Å². The molecule has 5 heterocycles. The molecule has 3 aromatic rings. The van der Waals surface area contributed by atoms with Crippen LogP contribution in [-0.2, 0) is 21.3 Å². The number of aromatic nitrogens is 3. The first kappa shape index (κ1) is 22.6. The maximum atomic E-state index is 11.8. The van der Waals surface area contributed by atoms with Crippen LogP contribution in [0.25, 0.3) is 21.6 Å². The number of hydrogen-bond acceptors (Lipinski definition) is 9. The van der Waals surface area contributed by atoms with Crippen LogP contribution in [0.1, 0.15) is 10.4 Å². The predicted octanol–water partition coefficient (Wildman–Crippen LogP) is 1.98. The van der Waals surface area contributed by atoms with Gasteiger partial charge < -0.3 is 9.64 Å². The minimum Gasteiger partial charge on any atom is -0.378 e. The van der Waals surface area contributed by atoms with Crippen LogP contribution in [0.2, 0.25) is 0 Å². The normalized spacial score (nSPS) is 18.8. The van der Waals surface area contributed by atoms with Crippen LogP contribution in [0, 0.1) is 6.92 Å². The molecule has 2 fully saturated rings. The number of fused-ring (bicyclic) bond motifs is 1.